The fraction of sp³-hybridized carbons (Fsp3) is 1.00. The van der Waals surface area contributed by atoms with Crippen LogP contribution in [0.2, 0.25) is 0 Å². The molecule has 1 aliphatic rings. The lowest BCUT2D eigenvalue weighted by Gasteiger charge is -1.86. The van der Waals surface area contributed by atoms with E-state index in [-0.39, 0.29) is 0 Å². The van der Waals surface area contributed by atoms with Gasteiger partial charge in [-0.15, -0.1) is 0 Å². The average Bonchev–Trinajstić information content (AvgIpc) is 1.91. The third kappa shape index (κ3) is 0.703. The fourth-order valence-corrected chi connectivity index (χ4v) is 0.729. The van der Waals surface area contributed by atoms with Crippen LogP contribution in [-0.4, -0.2) is 6.17 Å². The summed E-state index contributed by atoms with van der Waals surface area (Å²) in [5, 5.41) is 0. The first-order valence-corrected chi connectivity index (χ1v) is 2.37. The fourth-order valence-electron chi connectivity index (χ4n) is 0.729. The first kappa shape index (κ1) is 3.00. The van der Waals surface area contributed by atoms with Crippen molar-refractivity contribution in [2.45, 2.75) is 31.8 Å². The standard InChI is InChI=1S/C5H9F/c6-5-3-1-2-4-5/h5H,1-4H2/i3D. The molecule has 6 heavy (non-hydrogen) atoms. The summed E-state index contributed by atoms with van der Waals surface area (Å²) < 4.78 is 19.1. The van der Waals surface area contributed by atoms with Crippen molar-refractivity contribution in [3.8, 4) is 0 Å². The molecular formula is C5H9F. The summed E-state index contributed by atoms with van der Waals surface area (Å²) in [5.41, 5.74) is 0. The van der Waals surface area contributed by atoms with E-state index in [1.165, 1.54) is 0 Å². The van der Waals surface area contributed by atoms with Crippen molar-refractivity contribution in [1.29, 1.82) is 0 Å². The van der Waals surface area contributed by atoms with Crippen LogP contribution in [0.5, 0.6) is 0 Å². The molecule has 1 fully saturated rings. The van der Waals surface area contributed by atoms with Crippen LogP contribution in [0, 0.1) is 0 Å². The summed E-state index contributed by atoms with van der Waals surface area (Å²) in [7, 11) is 0. The topological polar surface area (TPSA) is 0 Å². The molecule has 0 bridgehead atoms. The maximum Gasteiger partial charge on any atom is 0.100 e. The van der Waals surface area contributed by atoms with Crippen LogP contribution < -0.4 is 0 Å². The second-order valence-corrected chi connectivity index (χ2v) is 1.68. The van der Waals surface area contributed by atoms with Gasteiger partial charge in [-0.1, -0.05) is 12.8 Å². The maximum absolute atomic E-state index is 12.1. The van der Waals surface area contributed by atoms with Crippen molar-refractivity contribution in [3.05, 3.63) is 0 Å². The summed E-state index contributed by atoms with van der Waals surface area (Å²) in [6.45, 7) is 0. The predicted molar refractivity (Wildman–Crippen MR) is 23.4 cm³/mol. The van der Waals surface area contributed by atoms with Gasteiger partial charge in [-0.3, -0.25) is 0 Å². The molecular weight excluding hydrogens is 79.1 g/mol. The van der Waals surface area contributed by atoms with Crippen LogP contribution in [0.4, 0.5) is 4.39 Å². The highest BCUT2D eigenvalue weighted by molar-refractivity contribution is 4.63. The van der Waals surface area contributed by atoms with E-state index < -0.39 is 12.6 Å². The number of alkyl halides is 1. The van der Waals surface area contributed by atoms with Crippen LogP contribution in [0.3, 0.4) is 0 Å². The van der Waals surface area contributed by atoms with Crippen molar-refractivity contribution in [2.75, 3.05) is 0 Å². The molecule has 36 valence electrons. The van der Waals surface area contributed by atoms with Gasteiger partial charge in [-0.2, -0.15) is 0 Å². The number of rotatable bonds is 0. The first-order valence-electron chi connectivity index (χ1n) is 2.95. The summed E-state index contributed by atoms with van der Waals surface area (Å²) in [5.74, 6) is 0. The molecule has 2 atom stereocenters. The molecule has 0 aromatic heterocycles. The molecule has 0 amide bonds. The first-order chi connectivity index (χ1) is 3.30. The molecule has 1 saturated carbocycles. The van der Waals surface area contributed by atoms with Crippen LogP contribution in [0.15, 0.2) is 0 Å². The Morgan fingerprint density at radius 2 is 2.50 bits per heavy atom. The molecule has 0 aromatic rings. The number of halogens is 1. The van der Waals surface area contributed by atoms with Gasteiger partial charge in [-0.05, 0) is 12.8 Å². The zero-order valence-electron chi connectivity index (χ0n) is 4.65. The molecule has 0 radical (unpaired) electrons. The van der Waals surface area contributed by atoms with Gasteiger partial charge < -0.3 is 0 Å². The minimum absolute atomic E-state index is 0.403. The van der Waals surface area contributed by atoms with Crippen LogP contribution in [0.1, 0.15) is 27.0 Å². The van der Waals surface area contributed by atoms with Crippen molar-refractivity contribution in [3.63, 3.8) is 0 Å². The molecule has 0 nitrogen and oxygen atoms in total. The minimum Gasteiger partial charge on any atom is -0.247 e. The molecule has 0 aliphatic heterocycles. The monoisotopic (exact) mass is 89.1 g/mol. The Kier molecular flexibility index (Phi) is 0.793. The molecule has 1 heteroatoms. The Hall–Kier alpha value is -0.0700. The van der Waals surface area contributed by atoms with Gasteiger partial charge in [0.1, 0.15) is 6.17 Å². The molecule has 0 aromatic carbocycles. The van der Waals surface area contributed by atoms with Crippen molar-refractivity contribution >= 4 is 0 Å². The predicted octanol–water partition coefficient (Wildman–Crippen LogP) is 1.90. The highest BCUT2D eigenvalue weighted by atomic mass is 19.1. The summed E-state index contributed by atoms with van der Waals surface area (Å²) in [6.07, 6.45) is 1.07. The zero-order valence-corrected chi connectivity index (χ0v) is 3.65. The Morgan fingerprint density at radius 1 is 1.67 bits per heavy atom. The molecule has 2 unspecified atom stereocenters. The zero-order chi connectivity index (χ0) is 5.28. The Morgan fingerprint density at radius 3 is 2.67 bits per heavy atom. The molecule has 0 saturated heterocycles. The van der Waals surface area contributed by atoms with E-state index in [0.717, 1.165) is 12.8 Å². The molecule has 1 aliphatic carbocycles. The SMILES string of the molecule is [2H]C1CCCC1F. The summed E-state index contributed by atoms with van der Waals surface area (Å²) in [4.78, 5) is 0. The molecule has 0 spiro atoms. The Balaban J connectivity index is 2.33. The molecule has 0 N–H and O–H groups in total. The van der Waals surface area contributed by atoms with Gasteiger partial charge in [-0.25, -0.2) is 4.39 Å². The van der Waals surface area contributed by atoms with E-state index in [9.17, 15) is 4.39 Å². The molecule has 1 rings (SSSR count). The van der Waals surface area contributed by atoms with E-state index in [4.69, 9.17) is 1.37 Å². The third-order valence-corrected chi connectivity index (χ3v) is 1.11. The highest BCUT2D eigenvalue weighted by Crippen LogP contribution is 2.19. The van der Waals surface area contributed by atoms with Gasteiger partial charge in [0.15, 0.2) is 0 Å². The van der Waals surface area contributed by atoms with E-state index in [1.54, 1.807) is 0 Å². The van der Waals surface area contributed by atoms with E-state index in [2.05, 4.69) is 0 Å². The Bertz CT molecular complexity index is 57.1. The number of hydrogen-bond acceptors (Lipinski definition) is 0. The lowest BCUT2D eigenvalue weighted by Crippen LogP contribution is -1.85. The van der Waals surface area contributed by atoms with Crippen molar-refractivity contribution in [2.24, 2.45) is 0 Å². The van der Waals surface area contributed by atoms with Gasteiger partial charge in [0.05, 0.1) is 0 Å². The van der Waals surface area contributed by atoms with Crippen molar-refractivity contribution in [1.82, 2.24) is 0 Å². The van der Waals surface area contributed by atoms with Crippen LogP contribution in [0.25, 0.3) is 0 Å². The second kappa shape index (κ2) is 1.59. The van der Waals surface area contributed by atoms with Gasteiger partial charge >= 0.3 is 0 Å². The van der Waals surface area contributed by atoms with Gasteiger partial charge in [0, 0.05) is 1.37 Å². The summed E-state index contributed by atoms with van der Waals surface area (Å²) in [6, 6.07) is 0. The maximum atomic E-state index is 12.1. The third-order valence-electron chi connectivity index (χ3n) is 1.11. The second-order valence-electron chi connectivity index (χ2n) is 1.68. The van der Waals surface area contributed by atoms with E-state index in [0.29, 0.717) is 6.42 Å². The van der Waals surface area contributed by atoms with E-state index >= 15 is 0 Å². The van der Waals surface area contributed by atoms with Crippen LogP contribution in [-0.2, 0) is 0 Å². The van der Waals surface area contributed by atoms with Crippen molar-refractivity contribution < 1.29 is 5.76 Å². The lowest BCUT2D eigenvalue weighted by molar-refractivity contribution is 0.343. The molecule has 0 heterocycles. The quantitative estimate of drug-likeness (QED) is 0.425. The Labute approximate surface area is 38.8 Å². The minimum atomic E-state index is -0.819. The number of hydrogen-bond donors (Lipinski definition) is 0. The lowest BCUT2D eigenvalue weighted by atomic mass is 10.3. The van der Waals surface area contributed by atoms with E-state index in [1.807, 2.05) is 0 Å². The van der Waals surface area contributed by atoms with Crippen LogP contribution >= 0.6 is 0 Å². The highest BCUT2D eigenvalue weighted by Gasteiger charge is 2.11. The van der Waals surface area contributed by atoms with Gasteiger partial charge in [0.2, 0.25) is 0 Å². The normalized spacial score (nSPS) is 49.2. The summed E-state index contributed by atoms with van der Waals surface area (Å²) >= 11 is 0. The average molecular weight is 89.1 g/mol. The smallest absolute Gasteiger partial charge is 0.100 e. The van der Waals surface area contributed by atoms with Gasteiger partial charge in [0.25, 0.3) is 0 Å². The largest absolute Gasteiger partial charge is 0.247 e.